The molecule has 1 unspecified atom stereocenters. The van der Waals surface area contributed by atoms with Gasteiger partial charge >= 0.3 is 0 Å². The standard InChI is InChI=1S/C12H14N4O2/c1-9(16-8-13-7-15-16)12(18)14-6-10-3-2-4-11(17)5-10/h2-5,7-9,17H,6H2,1H3,(H,14,18). The summed E-state index contributed by atoms with van der Waals surface area (Å²) in [6.07, 6.45) is 2.89. The zero-order valence-electron chi connectivity index (χ0n) is 9.95. The topological polar surface area (TPSA) is 80.0 Å². The monoisotopic (exact) mass is 246 g/mol. The van der Waals surface area contributed by atoms with Crippen LogP contribution in [-0.2, 0) is 11.3 Å². The van der Waals surface area contributed by atoms with E-state index in [9.17, 15) is 9.90 Å². The predicted molar refractivity (Wildman–Crippen MR) is 64.7 cm³/mol. The maximum atomic E-state index is 11.8. The summed E-state index contributed by atoms with van der Waals surface area (Å²) in [4.78, 5) is 15.6. The van der Waals surface area contributed by atoms with Crippen LogP contribution in [0.1, 0.15) is 18.5 Å². The first-order chi connectivity index (χ1) is 8.66. The zero-order valence-corrected chi connectivity index (χ0v) is 9.95. The van der Waals surface area contributed by atoms with Crippen molar-refractivity contribution in [2.45, 2.75) is 19.5 Å². The molecule has 6 heteroatoms. The smallest absolute Gasteiger partial charge is 0.244 e. The predicted octanol–water partition coefficient (Wildman–Crippen LogP) is 0.861. The second kappa shape index (κ2) is 5.31. The van der Waals surface area contributed by atoms with Crippen molar-refractivity contribution in [2.75, 3.05) is 0 Å². The highest BCUT2D eigenvalue weighted by atomic mass is 16.3. The fourth-order valence-corrected chi connectivity index (χ4v) is 1.54. The minimum atomic E-state index is -0.412. The Hall–Kier alpha value is -2.37. The van der Waals surface area contributed by atoms with Crippen molar-refractivity contribution in [3.8, 4) is 5.75 Å². The lowest BCUT2D eigenvalue weighted by atomic mass is 10.2. The van der Waals surface area contributed by atoms with Crippen molar-refractivity contribution < 1.29 is 9.90 Å². The van der Waals surface area contributed by atoms with Crippen LogP contribution < -0.4 is 5.32 Å². The van der Waals surface area contributed by atoms with E-state index in [1.54, 1.807) is 25.1 Å². The number of carbonyl (C=O) groups excluding carboxylic acids is 1. The molecule has 94 valence electrons. The molecule has 0 aliphatic carbocycles. The molecule has 1 aromatic heterocycles. The Bertz CT molecular complexity index is 525. The summed E-state index contributed by atoms with van der Waals surface area (Å²) in [7, 11) is 0. The second-order valence-corrected chi connectivity index (χ2v) is 3.94. The van der Waals surface area contributed by atoms with Gasteiger partial charge in [0.25, 0.3) is 0 Å². The van der Waals surface area contributed by atoms with Crippen LogP contribution in [0.2, 0.25) is 0 Å². The lowest BCUT2D eigenvalue weighted by Gasteiger charge is -2.12. The van der Waals surface area contributed by atoms with E-state index in [2.05, 4.69) is 15.4 Å². The van der Waals surface area contributed by atoms with Gasteiger partial charge in [0.05, 0.1) is 0 Å². The number of rotatable bonds is 4. The average Bonchev–Trinajstić information content (AvgIpc) is 2.89. The number of phenols is 1. The average molecular weight is 246 g/mol. The summed E-state index contributed by atoms with van der Waals surface area (Å²) in [6, 6.07) is 6.35. The highest BCUT2D eigenvalue weighted by molar-refractivity contribution is 5.79. The second-order valence-electron chi connectivity index (χ2n) is 3.94. The van der Waals surface area contributed by atoms with Gasteiger partial charge in [0.1, 0.15) is 24.4 Å². The molecule has 0 bridgehead atoms. The van der Waals surface area contributed by atoms with Gasteiger partial charge in [0, 0.05) is 6.54 Å². The lowest BCUT2D eigenvalue weighted by molar-refractivity contribution is -0.124. The molecular weight excluding hydrogens is 232 g/mol. The Labute approximate surface area is 104 Å². The van der Waals surface area contributed by atoms with Crippen molar-refractivity contribution >= 4 is 5.91 Å². The zero-order chi connectivity index (χ0) is 13.0. The summed E-state index contributed by atoms with van der Waals surface area (Å²) in [6.45, 7) is 2.11. The molecule has 0 aliphatic heterocycles. The number of aromatic nitrogens is 3. The van der Waals surface area contributed by atoms with Gasteiger partial charge in [-0.2, -0.15) is 5.10 Å². The van der Waals surface area contributed by atoms with Gasteiger partial charge in [-0.1, -0.05) is 12.1 Å². The molecule has 0 fully saturated rings. The number of phenolic OH excluding ortho intramolecular Hbond substituents is 1. The Kier molecular flexibility index (Phi) is 3.57. The van der Waals surface area contributed by atoms with Gasteiger partial charge in [-0.25, -0.2) is 9.67 Å². The summed E-state index contributed by atoms with van der Waals surface area (Å²) in [5, 5.41) is 16.0. The fourth-order valence-electron chi connectivity index (χ4n) is 1.54. The van der Waals surface area contributed by atoms with Crippen LogP contribution in [0.3, 0.4) is 0 Å². The number of carbonyl (C=O) groups is 1. The summed E-state index contributed by atoms with van der Waals surface area (Å²) in [5.74, 6) is 0.0370. The minimum absolute atomic E-state index is 0.149. The van der Waals surface area contributed by atoms with Gasteiger partial charge in [-0.3, -0.25) is 4.79 Å². The first kappa shape index (κ1) is 12.1. The van der Waals surface area contributed by atoms with Crippen molar-refractivity contribution in [3.63, 3.8) is 0 Å². The molecule has 1 atom stereocenters. The SMILES string of the molecule is CC(C(=O)NCc1cccc(O)c1)n1cncn1. The van der Waals surface area contributed by atoms with Gasteiger partial charge in [0.2, 0.25) is 5.91 Å². The quantitative estimate of drug-likeness (QED) is 0.838. The van der Waals surface area contributed by atoms with Crippen molar-refractivity contribution in [1.29, 1.82) is 0 Å². The van der Waals surface area contributed by atoms with Gasteiger partial charge < -0.3 is 10.4 Å². The third-order valence-electron chi connectivity index (χ3n) is 2.59. The largest absolute Gasteiger partial charge is 0.508 e. The van der Waals surface area contributed by atoms with E-state index in [0.29, 0.717) is 6.54 Å². The molecule has 2 N–H and O–H groups in total. The number of aromatic hydroxyl groups is 1. The van der Waals surface area contributed by atoms with Crippen LogP contribution in [0.15, 0.2) is 36.9 Å². The van der Waals surface area contributed by atoms with E-state index in [1.807, 2.05) is 6.07 Å². The van der Waals surface area contributed by atoms with Crippen molar-refractivity contribution in [2.24, 2.45) is 0 Å². The maximum Gasteiger partial charge on any atom is 0.244 e. The molecule has 2 rings (SSSR count). The van der Waals surface area contributed by atoms with E-state index in [0.717, 1.165) is 5.56 Å². The molecule has 1 aromatic carbocycles. The highest BCUT2D eigenvalue weighted by Gasteiger charge is 2.14. The third kappa shape index (κ3) is 2.85. The normalized spacial score (nSPS) is 12.1. The van der Waals surface area contributed by atoms with Crippen LogP contribution in [0, 0.1) is 0 Å². The van der Waals surface area contributed by atoms with Crippen LogP contribution in [0.25, 0.3) is 0 Å². The first-order valence-electron chi connectivity index (χ1n) is 5.56. The molecule has 0 radical (unpaired) electrons. The number of hydrogen-bond donors (Lipinski definition) is 2. The number of nitrogens with zero attached hydrogens (tertiary/aromatic N) is 3. The molecule has 1 heterocycles. The highest BCUT2D eigenvalue weighted by Crippen LogP contribution is 2.11. The summed E-state index contributed by atoms with van der Waals surface area (Å²) >= 11 is 0. The fraction of sp³-hybridized carbons (Fsp3) is 0.250. The van der Waals surface area contributed by atoms with E-state index >= 15 is 0 Å². The number of hydrogen-bond acceptors (Lipinski definition) is 4. The molecule has 2 aromatic rings. The maximum absolute atomic E-state index is 11.8. The lowest BCUT2D eigenvalue weighted by Crippen LogP contribution is -2.30. The van der Waals surface area contributed by atoms with Gasteiger partial charge in [0.15, 0.2) is 0 Å². The van der Waals surface area contributed by atoms with Crippen molar-refractivity contribution in [1.82, 2.24) is 20.1 Å². The summed E-state index contributed by atoms with van der Waals surface area (Å²) in [5.41, 5.74) is 0.842. The van der Waals surface area contributed by atoms with E-state index in [4.69, 9.17) is 0 Å². The Morgan fingerprint density at radius 1 is 1.56 bits per heavy atom. The van der Waals surface area contributed by atoms with Crippen LogP contribution in [0.4, 0.5) is 0 Å². The van der Waals surface area contributed by atoms with Gasteiger partial charge in [-0.15, -0.1) is 0 Å². The van der Waals surface area contributed by atoms with Crippen LogP contribution >= 0.6 is 0 Å². The van der Waals surface area contributed by atoms with E-state index < -0.39 is 6.04 Å². The molecular formula is C12H14N4O2. The number of amides is 1. The third-order valence-corrected chi connectivity index (χ3v) is 2.59. The Balaban J connectivity index is 1.92. The minimum Gasteiger partial charge on any atom is -0.508 e. The summed E-state index contributed by atoms with van der Waals surface area (Å²) < 4.78 is 1.48. The molecule has 0 saturated heterocycles. The molecule has 6 nitrogen and oxygen atoms in total. The van der Waals surface area contributed by atoms with Gasteiger partial charge in [-0.05, 0) is 24.6 Å². The molecule has 0 aliphatic rings. The van der Waals surface area contributed by atoms with E-state index in [-0.39, 0.29) is 11.7 Å². The van der Waals surface area contributed by atoms with Crippen LogP contribution in [0.5, 0.6) is 5.75 Å². The number of benzene rings is 1. The molecule has 1 amide bonds. The Morgan fingerprint density at radius 3 is 3.06 bits per heavy atom. The van der Waals surface area contributed by atoms with Crippen molar-refractivity contribution in [3.05, 3.63) is 42.5 Å². The molecule has 0 spiro atoms. The molecule has 0 saturated carbocycles. The van der Waals surface area contributed by atoms with E-state index in [1.165, 1.54) is 17.3 Å². The molecule has 18 heavy (non-hydrogen) atoms. The first-order valence-corrected chi connectivity index (χ1v) is 5.56. The van der Waals surface area contributed by atoms with Crippen LogP contribution in [-0.4, -0.2) is 25.8 Å². The number of nitrogens with one attached hydrogen (secondary N) is 1. The Morgan fingerprint density at radius 2 is 2.39 bits per heavy atom.